The molecule has 21 heavy (non-hydrogen) atoms. The second kappa shape index (κ2) is 6.71. The largest absolute Gasteiger partial charge is 0.494 e. The summed E-state index contributed by atoms with van der Waals surface area (Å²) in [5.41, 5.74) is -0.00663. The van der Waals surface area contributed by atoms with Gasteiger partial charge in [0, 0.05) is 19.2 Å². The van der Waals surface area contributed by atoms with Crippen molar-refractivity contribution in [1.82, 2.24) is 0 Å². The Hall–Kier alpha value is -1.89. The van der Waals surface area contributed by atoms with Gasteiger partial charge in [0.25, 0.3) is 5.69 Å². The lowest BCUT2D eigenvalue weighted by Gasteiger charge is -2.29. The van der Waals surface area contributed by atoms with Gasteiger partial charge in [0.15, 0.2) is 11.6 Å². The number of nitrogens with one attached hydrogen (secondary N) is 1. The van der Waals surface area contributed by atoms with Gasteiger partial charge in [-0.2, -0.15) is 0 Å². The van der Waals surface area contributed by atoms with Crippen LogP contribution in [0.5, 0.6) is 5.75 Å². The predicted octanol–water partition coefficient (Wildman–Crippen LogP) is 3.11. The summed E-state index contributed by atoms with van der Waals surface area (Å²) in [5.74, 6) is -0.754. The standard InChI is InChI=1S/C14H19FN2O4/c1-20-10-5-3-4-9(6-10)16-12-8-14(21-2)11(15)7-13(12)17(18)19/h7-10,16H,3-6H2,1-2H3. The van der Waals surface area contributed by atoms with E-state index in [-0.39, 0.29) is 29.3 Å². The van der Waals surface area contributed by atoms with E-state index < -0.39 is 10.7 Å². The number of ether oxygens (including phenoxy) is 2. The normalized spacial score (nSPS) is 21.9. The Morgan fingerprint density at radius 3 is 2.76 bits per heavy atom. The first-order valence-corrected chi connectivity index (χ1v) is 6.86. The van der Waals surface area contributed by atoms with Gasteiger partial charge in [-0.15, -0.1) is 0 Å². The predicted molar refractivity (Wildman–Crippen MR) is 76.3 cm³/mol. The lowest BCUT2D eigenvalue weighted by molar-refractivity contribution is -0.384. The van der Waals surface area contributed by atoms with Gasteiger partial charge in [-0.25, -0.2) is 4.39 Å². The smallest absolute Gasteiger partial charge is 0.295 e. The second-order valence-corrected chi connectivity index (χ2v) is 5.13. The fourth-order valence-electron chi connectivity index (χ4n) is 2.68. The fraction of sp³-hybridized carbons (Fsp3) is 0.571. The molecule has 1 aromatic carbocycles. The maximum absolute atomic E-state index is 13.6. The zero-order valence-electron chi connectivity index (χ0n) is 12.1. The van der Waals surface area contributed by atoms with E-state index in [2.05, 4.69) is 5.32 Å². The number of nitrogens with zero attached hydrogens (tertiary/aromatic N) is 1. The van der Waals surface area contributed by atoms with Crippen LogP contribution in [0.25, 0.3) is 0 Å². The summed E-state index contributed by atoms with van der Waals surface area (Å²) in [7, 11) is 2.99. The Morgan fingerprint density at radius 2 is 2.14 bits per heavy atom. The van der Waals surface area contributed by atoms with Gasteiger partial charge in [-0.1, -0.05) is 0 Å². The molecule has 0 aliphatic heterocycles. The molecule has 1 fully saturated rings. The van der Waals surface area contributed by atoms with Crippen LogP contribution in [0.3, 0.4) is 0 Å². The van der Waals surface area contributed by atoms with Gasteiger partial charge in [0.05, 0.1) is 24.2 Å². The molecular weight excluding hydrogens is 279 g/mol. The van der Waals surface area contributed by atoms with Crippen LogP contribution in [0.15, 0.2) is 12.1 Å². The summed E-state index contributed by atoms with van der Waals surface area (Å²) < 4.78 is 23.8. The minimum atomic E-state index is -0.742. The second-order valence-electron chi connectivity index (χ2n) is 5.13. The molecule has 0 radical (unpaired) electrons. The van der Waals surface area contributed by atoms with Gasteiger partial charge in [0.2, 0.25) is 0 Å². The van der Waals surface area contributed by atoms with E-state index in [1.54, 1.807) is 7.11 Å². The van der Waals surface area contributed by atoms with Crippen molar-refractivity contribution in [2.45, 2.75) is 37.8 Å². The average Bonchev–Trinajstić information content (AvgIpc) is 2.48. The van der Waals surface area contributed by atoms with Gasteiger partial charge in [-0.3, -0.25) is 10.1 Å². The van der Waals surface area contributed by atoms with Crippen LogP contribution >= 0.6 is 0 Å². The van der Waals surface area contributed by atoms with Crippen LogP contribution in [-0.4, -0.2) is 31.3 Å². The van der Waals surface area contributed by atoms with Crippen LogP contribution in [0.4, 0.5) is 15.8 Å². The molecule has 0 amide bonds. The first kappa shape index (κ1) is 15.5. The van der Waals surface area contributed by atoms with Crippen LogP contribution in [-0.2, 0) is 4.74 Å². The highest BCUT2D eigenvalue weighted by molar-refractivity contribution is 5.65. The van der Waals surface area contributed by atoms with Gasteiger partial charge >= 0.3 is 0 Å². The number of halogens is 1. The maximum Gasteiger partial charge on any atom is 0.295 e. The number of hydrogen-bond donors (Lipinski definition) is 1. The summed E-state index contributed by atoms with van der Waals surface area (Å²) >= 11 is 0. The molecule has 0 bridgehead atoms. The Kier molecular flexibility index (Phi) is 4.95. The zero-order chi connectivity index (χ0) is 15.4. The number of benzene rings is 1. The van der Waals surface area contributed by atoms with Crippen LogP contribution < -0.4 is 10.1 Å². The molecular formula is C14H19FN2O4. The molecule has 1 aliphatic carbocycles. The fourth-order valence-corrected chi connectivity index (χ4v) is 2.68. The molecule has 1 saturated carbocycles. The van der Waals surface area contributed by atoms with E-state index in [1.165, 1.54) is 13.2 Å². The van der Waals surface area contributed by atoms with Crippen molar-refractivity contribution in [1.29, 1.82) is 0 Å². The Labute approximate surface area is 122 Å². The van der Waals surface area contributed by atoms with Crippen LogP contribution in [0.2, 0.25) is 0 Å². The molecule has 0 spiro atoms. The van der Waals surface area contributed by atoms with Gasteiger partial charge in [-0.05, 0) is 25.7 Å². The van der Waals surface area contributed by atoms with Crippen molar-refractivity contribution < 1.29 is 18.8 Å². The number of rotatable bonds is 5. The van der Waals surface area contributed by atoms with Crippen molar-refractivity contribution in [2.24, 2.45) is 0 Å². The molecule has 6 nitrogen and oxygen atoms in total. The monoisotopic (exact) mass is 298 g/mol. The maximum atomic E-state index is 13.6. The van der Waals surface area contributed by atoms with E-state index in [9.17, 15) is 14.5 Å². The molecule has 116 valence electrons. The van der Waals surface area contributed by atoms with E-state index in [0.29, 0.717) is 0 Å². The Morgan fingerprint density at radius 1 is 1.38 bits per heavy atom. The summed E-state index contributed by atoms with van der Waals surface area (Å²) in [6.45, 7) is 0. The molecule has 0 aromatic heterocycles. The minimum Gasteiger partial charge on any atom is -0.494 e. The van der Waals surface area contributed by atoms with E-state index >= 15 is 0 Å². The number of nitro groups is 1. The van der Waals surface area contributed by atoms with E-state index in [4.69, 9.17) is 9.47 Å². The first-order chi connectivity index (χ1) is 10.0. The molecule has 2 atom stereocenters. The zero-order valence-corrected chi connectivity index (χ0v) is 12.1. The molecule has 7 heteroatoms. The quantitative estimate of drug-likeness (QED) is 0.668. The lowest BCUT2D eigenvalue weighted by Crippen LogP contribution is -2.31. The highest BCUT2D eigenvalue weighted by Gasteiger charge is 2.25. The highest BCUT2D eigenvalue weighted by atomic mass is 19.1. The van der Waals surface area contributed by atoms with Crippen LogP contribution in [0.1, 0.15) is 25.7 Å². The SMILES string of the molecule is COc1cc(NC2CCCC(OC)C2)c([N+](=O)[O-])cc1F. The van der Waals surface area contributed by atoms with E-state index in [1.807, 2.05) is 0 Å². The van der Waals surface area contributed by atoms with Crippen molar-refractivity contribution in [3.05, 3.63) is 28.1 Å². The third-order valence-electron chi connectivity index (χ3n) is 3.79. The summed E-state index contributed by atoms with van der Waals surface area (Å²) in [5, 5.41) is 14.2. The third kappa shape index (κ3) is 3.60. The van der Waals surface area contributed by atoms with Crippen molar-refractivity contribution >= 4 is 11.4 Å². The van der Waals surface area contributed by atoms with Gasteiger partial charge in [0.1, 0.15) is 5.69 Å². The third-order valence-corrected chi connectivity index (χ3v) is 3.79. The first-order valence-electron chi connectivity index (χ1n) is 6.86. The Balaban J connectivity index is 2.23. The molecule has 1 aliphatic rings. The molecule has 0 saturated heterocycles. The molecule has 0 heterocycles. The van der Waals surface area contributed by atoms with Crippen molar-refractivity contribution in [2.75, 3.05) is 19.5 Å². The van der Waals surface area contributed by atoms with Crippen molar-refractivity contribution in [3.63, 3.8) is 0 Å². The summed E-state index contributed by atoms with van der Waals surface area (Å²) in [4.78, 5) is 10.5. The summed E-state index contributed by atoms with van der Waals surface area (Å²) in [6.07, 6.45) is 3.80. The van der Waals surface area contributed by atoms with Gasteiger partial charge < -0.3 is 14.8 Å². The molecule has 2 rings (SSSR count). The topological polar surface area (TPSA) is 73.6 Å². The number of hydrogen-bond acceptors (Lipinski definition) is 5. The number of methoxy groups -OCH3 is 2. The highest BCUT2D eigenvalue weighted by Crippen LogP contribution is 2.34. The number of nitro benzene ring substituents is 1. The lowest BCUT2D eigenvalue weighted by atomic mass is 9.92. The molecule has 2 unspecified atom stereocenters. The van der Waals surface area contributed by atoms with Crippen molar-refractivity contribution in [3.8, 4) is 5.75 Å². The average molecular weight is 298 g/mol. The van der Waals surface area contributed by atoms with E-state index in [0.717, 1.165) is 31.7 Å². The molecule has 1 N–H and O–H groups in total. The number of anilines is 1. The molecule has 1 aromatic rings. The summed E-state index contributed by atoms with van der Waals surface area (Å²) in [6, 6.07) is 2.29. The van der Waals surface area contributed by atoms with Crippen LogP contribution in [0, 0.1) is 15.9 Å². The Bertz CT molecular complexity index is 524. The minimum absolute atomic E-state index is 0.0119.